The molecule has 1 aliphatic rings. The molecule has 0 aliphatic carbocycles. The molecule has 8 heteroatoms. The van der Waals surface area contributed by atoms with Crippen LogP contribution in [0.4, 0.5) is 10.2 Å². The van der Waals surface area contributed by atoms with E-state index in [2.05, 4.69) is 32.2 Å². The van der Waals surface area contributed by atoms with Gasteiger partial charge in [0, 0.05) is 25.2 Å². The van der Waals surface area contributed by atoms with Gasteiger partial charge in [-0.15, -0.1) is 0 Å². The van der Waals surface area contributed by atoms with Gasteiger partial charge in [0.2, 0.25) is 0 Å². The van der Waals surface area contributed by atoms with E-state index in [9.17, 15) is 4.39 Å². The largest absolute Gasteiger partial charge is 0.362 e. The molecule has 3 aromatic rings. The molecule has 0 bridgehead atoms. The number of aromatic nitrogens is 4. The molecule has 0 amide bonds. The molecule has 1 N–H and O–H groups in total. The van der Waals surface area contributed by atoms with Gasteiger partial charge in [-0.3, -0.25) is 4.98 Å². The number of anilines is 1. The van der Waals surface area contributed by atoms with E-state index in [1.807, 2.05) is 0 Å². The van der Waals surface area contributed by atoms with Crippen LogP contribution in [0.2, 0.25) is 0 Å². The van der Waals surface area contributed by atoms with E-state index in [4.69, 9.17) is 4.98 Å². The van der Waals surface area contributed by atoms with E-state index < -0.39 is 0 Å². The lowest BCUT2D eigenvalue weighted by molar-refractivity contribution is 0.189. The maximum atomic E-state index is 13.7. The Morgan fingerprint density at radius 2 is 2.22 bits per heavy atom. The van der Waals surface area contributed by atoms with Gasteiger partial charge < -0.3 is 10.2 Å². The normalized spacial score (nSPS) is 15.7. The first-order valence-corrected chi connectivity index (χ1v) is 8.15. The zero-order valence-corrected chi connectivity index (χ0v) is 13.3. The molecule has 1 aliphatic heterocycles. The highest BCUT2D eigenvalue weighted by atomic mass is 32.1. The predicted molar refractivity (Wildman–Crippen MR) is 87.0 cm³/mol. The SMILES string of the molecule is CN1CC(c2nc3c(NCc4ncccc4F)ncnc3s2)C1. The van der Waals surface area contributed by atoms with Crippen LogP contribution in [0.25, 0.3) is 10.3 Å². The molecule has 4 rings (SSSR count). The Balaban J connectivity index is 1.58. The zero-order chi connectivity index (χ0) is 15.8. The van der Waals surface area contributed by atoms with E-state index in [1.165, 1.54) is 12.4 Å². The Hall–Kier alpha value is -2.19. The molecule has 6 nitrogen and oxygen atoms in total. The fraction of sp³-hybridized carbons (Fsp3) is 0.333. The van der Waals surface area contributed by atoms with Gasteiger partial charge in [-0.2, -0.15) is 0 Å². The van der Waals surface area contributed by atoms with Crippen molar-refractivity contribution in [1.29, 1.82) is 0 Å². The fourth-order valence-corrected chi connectivity index (χ4v) is 3.63. The quantitative estimate of drug-likeness (QED) is 0.791. The highest BCUT2D eigenvalue weighted by Crippen LogP contribution is 2.33. The van der Waals surface area contributed by atoms with Crippen molar-refractivity contribution in [3.05, 3.63) is 41.2 Å². The van der Waals surface area contributed by atoms with Crippen LogP contribution in [0.15, 0.2) is 24.7 Å². The Bertz CT molecular complexity index is 845. The van der Waals surface area contributed by atoms with E-state index in [1.54, 1.807) is 23.6 Å². The minimum atomic E-state index is -0.332. The molecule has 4 heterocycles. The summed E-state index contributed by atoms with van der Waals surface area (Å²) in [7, 11) is 2.10. The summed E-state index contributed by atoms with van der Waals surface area (Å²) in [5, 5.41) is 4.21. The number of hydrogen-bond acceptors (Lipinski definition) is 7. The van der Waals surface area contributed by atoms with Gasteiger partial charge in [-0.05, 0) is 19.2 Å². The number of thiazole rings is 1. The molecule has 0 unspecified atom stereocenters. The number of hydrogen-bond donors (Lipinski definition) is 1. The second-order valence-electron chi connectivity index (χ2n) is 5.63. The number of pyridine rings is 1. The molecular weight excluding hydrogens is 315 g/mol. The predicted octanol–water partition coefficient (Wildman–Crippen LogP) is 2.26. The maximum absolute atomic E-state index is 13.7. The number of likely N-dealkylation sites (tertiary alicyclic amines) is 1. The Morgan fingerprint density at radius 3 is 3.00 bits per heavy atom. The summed E-state index contributed by atoms with van der Waals surface area (Å²) in [6, 6.07) is 2.97. The van der Waals surface area contributed by atoms with Crippen LogP contribution in [0.1, 0.15) is 16.6 Å². The third kappa shape index (κ3) is 2.75. The highest BCUT2D eigenvalue weighted by Gasteiger charge is 2.28. The zero-order valence-electron chi connectivity index (χ0n) is 12.5. The molecule has 118 valence electrons. The number of likely N-dealkylation sites (N-methyl/N-ethyl adjacent to an activating group) is 1. The van der Waals surface area contributed by atoms with Crippen molar-refractivity contribution in [2.24, 2.45) is 0 Å². The Morgan fingerprint density at radius 1 is 1.35 bits per heavy atom. The van der Waals surface area contributed by atoms with Gasteiger partial charge in [-0.1, -0.05) is 11.3 Å². The molecular formula is C15H15FN6S. The number of nitrogens with one attached hydrogen (secondary N) is 1. The minimum absolute atomic E-state index is 0.262. The topological polar surface area (TPSA) is 66.8 Å². The average Bonchev–Trinajstić information content (AvgIpc) is 2.95. The summed E-state index contributed by atoms with van der Waals surface area (Å²) in [6.45, 7) is 2.31. The maximum Gasteiger partial charge on any atom is 0.157 e. The summed E-state index contributed by atoms with van der Waals surface area (Å²) < 4.78 is 13.7. The second kappa shape index (κ2) is 5.78. The second-order valence-corrected chi connectivity index (χ2v) is 6.64. The van der Waals surface area contributed by atoms with Crippen LogP contribution in [-0.2, 0) is 6.54 Å². The lowest BCUT2D eigenvalue weighted by Gasteiger charge is -2.34. The molecule has 23 heavy (non-hydrogen) atoms. The molecule has 1 fully saturated rings. The van der Waals surface area contributed by atoms with E-state index in [0.717, 1.165) is 28.4 Å². The van der Waals surface area contributed by atoms with E-state index >= 15 is 0 Å². The lowest BCUT2D eigenvalue weighted by Crippen LogP contribution is -2.41. The third-order valence-electron chi connectivity index (χ3n) is 3.88. The fourth-order valence-electron chi connectivity index (χ4n) is 2.65. The van der Waals surface area contributed by atoms with Gasteiger partial charge in [0.05, 0.1) is 12.2 Å². The van der Waals surface area contributed by atoms with Gasteiger partial charge in [0.25, 0.3) is 0 Å². The minimum Gasteiger partial charge on any atom is -0.362 e. The molecule has 0 saturated carbocycles. The van der Waals surface area contributed by atoms with Crippen molar-refractivity contribution in [3.8, 4) is 0 Å². The molecule has 0 aromatic carbocycles. The molecule has 1 saturated heterocycles. The van der Waals surface area contributed by atoms with Gasteiger partial charge in [0.15, 0.2) is 5.82 Å². The molecule has 0 radical (unpaired) electrons. The third-order valence-corrected chi connectivity index (χ3v) is 5.01. The summed E-state index contributed by atoms with van der Waals surface area (Å²) in [4.78, 5) is 20.4. The first-order chi connectivity index (χ1) is 11.2. The van der Waals surface area contributed by atoms with Crippen LogP contribution in [0.3, 0.4) is 0 Å². The van der Waals surface area contributed by atoms with Crippen molar-refractivity contribution in [2.45, 2.75) is 12.5 Å². The van der Waals surface area contributed by atoms with E-state index in [0.29, 0.717) is 17.4 Å². The summed E-state index contributed by atoms with van der Waals surface area (Å²) in [5.74, 6) is 0.761. The Labute approximate surface area is 136 Å². The first kappa shape index (κ1) is 14.4. The number of rotatable bonds is 4. The monoisotopic (exact) mass is 330 g/mol. The van der Waals surface area contributed by atoms with Gasteiger partial charge in [0.1, 0.15) is 27.5 Å². The molecule has 0 atom stereocenters. The van der Waals surface area contributed by atoms with Gasteiger partial charge in [-0.25, -0.2) is 19.3 Å². The van der Waals surface area contributed by atoms with Crippen LogP contribution in [-0.4, -0.2) is 45.0 Å². The van der Waals surface area contributed by atoms with E-state index in [-0.39, 0.29) is 12.4 Å². The van der Waals surface area contributed by atoms with Crippen molar-refractivity contribution < 1.29 is 4.39 Å². The van der Waals surface area contributed by atoms with Crippen LogP contribution < -0.4 is 5.32 Å². The Kier molecular flexibility index (Phi) is 3.62. The number of halogens is 1. The highest BCUT2D eigenvalue weighted by molar-refractivity contribution is 7.18. The van der Waals surface area contributed by atoms with Crippen molar-refractivity contribution in [2.75, 3.05) is 25.5 Å². The number of nitrogens with zero attached hydrogens (tertiary/aromatic N) is 5. The summed E-state index contributed by atoms with van der Waals surface area (Å²) in [5.41, 5.74) is 1.11. The number of fused-ring (bicyclic) bond motifs is 1. The molecule has 3 aromatic heterocycles. The van der Waals surface area contributed by atoms with Crippen LogP contribution in [0, 0.1) is 5.82 Å². The standard InChI is InChI=1S/C15H15FN6S/c1-22-6-9(7-22)14-21-12-13(19-8-20-15(12)23-14)18-5-11-10(16)3-2-4-17-11/h2-4,8-9H,5-7H2,1H3,(H,18,19,20). The van der Waals surface area contributed by atoms with Gasteiger partial charge >= 0.3 is 0 Å². The lowest BCUT2D eigenvalue weighted by atomic mass is 10.0. The van der Waals surface area contributed by atoms with Crippen molar-refractivity contribution in [1.82, 2.24) is 24.8 Å². The first-order valence-electron chi connectivity index (χ1n) is 7.34. The van der Waals surface area contributed by atoms with Crippen LogP contribution >= 0.6 is 11.3 Å². The summed E-state index contributed by atoms with van der Waals surface area (Å²) in [6.07, 6.45) is 3.08. The summed E-state index contributed by atoms with van der Waals surface area (Å²) >= 11 is 1.60. The van der Waals surface area contributed by atoms with Crippen LogP contribution in [0.5, 0.6) is 0 Å². The smallest absolute Gasteiger partial charge is 0.157 e. The molecule has 0 spiro atoms. The van der Waals surface area contributed by atoms with Crippen molar-refractivity contribution in [3.63, 3.8) is 0 Å². The average molecular weight is 330 g/mol. The van der Waals surface area contributed by atoms with Crippen molar-refractivity contribution >= 4 is 27.5 Å².